The molecule has 0 saturated heterocycles. The Bertz CT molecular complexity index is 881. The molecule has 0 radical (unpaired) electrons. The maximum Gasteiger partial charge on any atom is 0.243 e. The Kier molecular flexibility index (Phi) is 5.09. The molecule has 1 atom stereocenters. The van der Waals surface area contributed by atoms with Gasteiger partial charge in [-0.2, -0.15) is 4.31 Å². The highest BCUT2D eigenvalue weighted by Gasteiger charge is 2.34. The largest absolute Gasteiger partial charge is 0.493 e. The van der Waals surface area contributed by atoms with Crippen molar-refractivity contribution in [1.82, 2.24) is 4.31 Å². The van der Waals surface area contributed by atoms with Gasteiger partial charge in [0.15, 0.2) is 11.5 Å². The molecule has 0 amide bonds. The van der Waals surface area contributed by atoms with Gasteiger partial charge in [-0.05, 0) is 60.9 Å². The second kappa shape index (κ2) is 6.97. The first-order valence-corrected chi connectivity index (χ1v) is 10.1. The molecule has 134 valence electrons. The average Bonchev–Trinajstić information content (AvgIpc) is 2.61. The summed E-state index contributed by atoms with van der Waals surface area (Å²) >= 11 is 3.34. The van der Waals surface area contributed by atoms with Gasteiger partial charge in [0, 0.05) is 17.1 Å². The number of rotatable bonds is 4. The van der Waals surface area contributed by atoms with Gasteiger partial charge in [0.25, 0.3) is 0 Å². The first-order valence-electron chi connectivity index (χ1n) is 7.90. The number of ether oxygens (including phenoxy) is 2. The smallest absolute Gasteiger partial charge is 0.243 e. The molecule has 0 bridgehead atoms. The molecule has 0 aromatic heterocycles. The van der Waals surface area contributed by atoms with E-state index in [1.54, 1.807) is 42.8 Å². The summed E-state index contributed by atoms with van der Waals surface area (Å²) < 4.78 is 39.2. The van der Waals surface area contributed by atoms with Crippen LogP contribution in [0.25, 0.3) is 0 Å². The highest BCUT2D eigenvalue weighted by molar-refractivity contribution is 9.10. The highest BCUT2D eigenvalue weighted by Crippen LogP contribution is 2.39. The summed E-state index contributed by atoms with van der Waals surface area (Å²) in [6.45, 7) is 2.34. The van der Waals surface area contributed by atoms with Gasteiger partial charge in [0.2, 0.25) is 10.0 Å². The van der Waals surface area contributed by atoms with Crippen LogP contribution in [-0.2, 0) is 16.4 Å². The van der Waals surface area contributed by atoms with E-state index in [9.17, 15) is 8.42 Å². The van der Waals surface area contributed by atoms with Crippen LogP contribution in [0.1, 0.15) is 24.1 Å². The van der Waals surface area contributed by atoms with Gasteiger partial charge < -0.3 is 9.47 Å². The van der Waals surface area contributed by atoms with Gasteiger partial charge in [-0.25, -0.2) is 8.42 Å². The van der Waals surface area contributed by atoms with E-state index in [2.05, 4.69) is 15.9 Å². The summed E-state index contributed by atoms with van der Waals surface area (Å²) in [6.07, 6.45) is 0.635. The van der Waals surface area contributed by atoms with Gasteiger partial charge in [0.1, 0.15) is 0 Å². The van der Waals surface area contributed by atoms with Gasteiger partial charge in [-0.15, -0.1) is 0 Å². The number of nitrogens with zero attached hydrogens (tertiary/aromatic N) is 1. The number of fused-ring (bicyclic) bond motifs is 1. The van der Waals surface area contributed by atoms with Crippen LogP contribution in [0.15, 0.2) is 45.8 Å². The summed E-state index contributed by atoms with van der Waals surface area (Å²) in [5, 5.41) is 0. The number of benzene rings is 2. The van der Waals surface area contributed by atoms with Crippen molar-refractivity contribution in [3.05, 3.63) is 52.0 Å². The lowest BCUT2D eigenvalue weighted by Crippen LogP contribution is -2.38. The number of hydrogen-bond donors (Lipinski definition) is 0. The molecule has 0 aliphatic carbocycles. The molecule has 5 nitrogen and oxygen atoms in total. The Morgan fingerprint density at radius 3 is 2.28 bits per heavy atom. The molecule has 25 heavy (non-hydrogen) atoms. The summed E-state index contributed by atoms with van der Waals surface area (Å²) in [6, 6.07) is 10.3. The van der Waals surface area contributed by atoms with Gasteiger partial charge in [0.05, 0.1) is 19.1 Å². The molecule has 7 heteroatoms. The maximum absolute atomic E-state index is 13.1. The van der Waals surface area contributed by atoms with Gasteiger partial charge in [-0.3, -0.25) is 0 Å². The number of halogens is 1. The topological polar surface area (TPSA) is 55.8 Å². The van der Waals surface area contributed by atoms with Crippen molar-refractivity contribution in [2.45, 2.75) is 24.3 Å². The Labute approximate surface area is 156 Å². The van der Waals surface area contributed by atoms with Crippen molar-refractivity contribution in [1.29, 1.82) is 0 Å². The van der Waals surface area contributed by atoms with E-state index in [0.29, 0.717) is 29.4 Å². The fraction of sp³-hybridized carbons (Fsp3) is 0.333. The summed E-state index contributed by atoms with van der Waals surface area (Å²) in [4.78, 5) is 0.298. The van der Waals surface area contributed by atoms with Crippen LogP contribution in [0.4, 0.5) is 0 Å². The monoisotopic (exact) mass is 425 g/mol. The molecule has 2 aromatic carbocycles. The second-order valence-electron chi connectivity index (χ2n) is 5.90. The highest BCUT2D eigenvalue weighted by atomic mass is 79.9. The lowest BCUT2D eigenvalue weighted by Gasteiger charge is -2.34. The van der Waals surface area contributed by atoms with Gasteiger partial charge >= 0.3 is 0 Å². The molecule has 2 aromatic rings. The predicted molar refractivity (Wildman–Crippen MR) is 99.7 cm³/mol. The SMILES string of the molecule is COc1cc2c(cc1OC)[C@@H](C)N(S(=O)(=O)c1ccc(Br)cc1)CC2. The van der Waals surface area contributed by atoms with Crippen LogP contribution in [0.3, 0.4) is 0 Å². The minimum atomic E-state index is -3.57. The zero-order valence-electron chi connectivity index (χ0n) is 14.3. The molecular formula is C18H20BrNO4S. The number of sulfonamides is 1. The quantitative estimate of drug-likeness (QED) is 0.747. The molecular weight excluding hydrogens is 406 g/mol. The standard InChI is InChI=1S/C18H20BrNO4S/c1-12-16-11-18(24-3)17(23-2)10-13(16)8-9-20(12)25(21,22)15-6-4-14(19)5-7-15/h4-7,10-12H,8-9H2,1-3H3/t12-/m1/s1. The second-order valence-corrected chi connectivity index (χ2v) is 8.71. The van der Waals surface area contributed by atoms with Crippen molar-refractivity contribution in [3.63, 3.8) is 0 Å². The Morgan fingerprint density at radius 2 is 1.68 bits per heavy atom. The van der Waals surface area contributed by atoms with Gasteiger partial charge in [-0.1, -0.05) is 15.9 Å². The lowest BCUT2D eigenvalue weighted by molar-refractivity contribution is 0.319. The van der Waals surface area contributed by atoms with Crippen LogP contribution >= 0.6 is 15.9 Å². The lowest BCUT2D eigenvalue weighted by atomic mass is 9.94. The minimum Gasteiger partial charge on any atom is -0.493 e. The number of hydrogen-bond acceptors (Lipinski definition) is 4. The zero-order chi connectivity index (χ0) is 18.2. The molecule has 1 aliphatic heterocycles. The van der Waals surface area contributed by atoms with Crippen molar-refractivity contribution in [2.75, 3.05) is 20.8 Å². The van der Waals surface area contributed by atoms with Crippen LogP contribution in [-0.4, -0.2) is 33.5 Å². The Balaban J connectivity index is 2.01. The summed E-state index contributed by atoms with van der Waals surface area (Å²) in [7, 11) is -0.390. The van der Waals surface area contributed by atoms with E-state index in [4.69, 9.17) is 9.47 Å². The number of methoxy groups -OCH3 is 2. The molecule has 3 rings (SSSR count). The van der Waals surface area contributed by atoms with E-state index in [1.165, 1.54) is 0 Å². The fourth-order valence-corrected chi connectivity index (χ4v) is 5.07. The molecule has 1 heterocycles. The first kappa shape index (κ1) is 18.2. The van der Waals surface area contributed by atoms with Crippen LogP contribution in [0.2, 0.25) is 0 Å². The third-order valence-corrected chi connectivity index (χ3v) is 7.06. The predicted octanol–water partition coefficient (Wildman–Crippen LogP) is 3.77. The summed E-state index contributed by atoms with van der Waals surface area (Å²) in [5.74, 6) is 1.27. The third kappa shape index (κ3) is 3.28. The molecule has 0 N–H and O–H groups in total. The molecule has 1 aliphatic rings. The molecule has 0 saturated carbocycles. The van der Waals surface area contributed by atoms with Crippen molar-refractivity contribution in [2.24, 2.45) is 0 Å². The normalized spacial score (nSPS) is 17.8. The summed E-state index contributed by atoms with van der Waals surface area (Å²) in [5.41, 5.74) is 2.04. The zero-order valence-corrected chi connectivity index (χ0v) is 16.7. The van der Waals surface area contributed by atoms with Crippen molar-refractivity contribution in [3.8, 4) is 11.5 Å². The van der Waals surface area contributed by atoms with E-state index >= 15 is 0 Å². The van der Waals surface area contributed by atoms with Crippen molar-refractivity contribution < 1.29 is 17.9 Å². The minimum absolute atomic E-state index is 0.280. The Morgan fingerprint density at radius 1 is 1.08 bits per heavy atom. The van der Waals surface area contributed by atoms with E-state index in [0.717, 1.165) is 15.6 Å². The molecule has 0 fully saturated rings. The maximum atomic E-state index is 13.1. The van der Waals surface area contributed by atoms with E-state index in [1.807, 2.05) is 19.1 Å². The first-order chi connectivity index (χ1) is 11.9. The average molecular weight is 426 g/mol. The third-order valence-electron chi connectivity index (χ3n) is 4.55. The van der Waals surface area contributed by atoms with Crippen LogP contribution in [0.5, 0.6) is 11.5 Å². The van der Waals surface area contributed by atoms with Crippen LogP contribution < -0.4 is 9.47 Å². The van der Waals surface area contributed by atoms with Crippen molar-refractivity contribution >= 4 is 26.0 Å². The fourth-order valence-electron chi connectivity index (χ4n) is 3.19. The van der Waals surface area contributed by atoms with E-state index < -0.39 is 10.0 Å². The Hall–Kier alpha value is -1.57. The molecule has 0 spiro atoms. The molecule has 0 unspecified atom stereocenters. The van der Waals surface area contributed by atoms with E-state index in [-0.39, 0.29) is 6.04 Å². The van der Waals surface area contributed by atoms with Crippen LogP contribution in [0, 0.1) is 0 Å².